The van der Waals surface area contributed by atoms with Gasteiger partial charge in [0.1, 0.15) is 6.10 Å². The molecular formula is C18H23NO3. The molecule has 0 aromatic heterocycles. The van der Waals surface area contributed by atoms with Crippen molar-refractivity contribution in [2.24, 2.45) is 5.92 Å². The molecule has 3 rings (SSSR count). The van der Waals surface area contributed by atoms with E-state index in [0.29, 0.717) is 5.56 Å². The fourth-order valence-electron chi connectivity index (χ4n) is 3.39. The third kappa shape index (κ3) is 2.81. The summed E-state index contributed by atoms with van der Waals surface area (Å²) < 4.78 is 5.65. The molecule has 4 heteroatoms. The Morgan fingerprint density at radius 3 is 2.68 bits per heavy atom. The minimum Gasteiger partial charge on any atom is -0.459 e. The lowest BCUT2D eigenvalue weighted by molar-refractivity contribution is -0.176. The van der Waals surface area contributed by atoms with Gasteiger partial charge in [0.05, 0.1) is 0 Å². The second-order valence-electron chi connectivity index (χ2n) is 6.32. The van der Waals surface area contributed by atoms with Crippen molar-refractivity contribution in [2.75, 3.05) is 20.1 Å². The minimum absolute atomic E-state index is 0.127. The highest BCUT2D eigenvalue weighted by atomic mass is 16.6. The number of likely N-dealkylation sites (N-methyl/N-ethyl adjacent to an activating group) is 1. The van der Waals surface area contributed by atoms with Crippen molar-refractivity contribution < 1.29 is 14.6 Å². The van der Waals surface area contributed by atoms with E-state index < -0.39 is 11.6 Å². The monoisotopic (exact) mass is 301 g/mol. The fourth-order valence-corrected chi connectivity index (χ4v) is 3.39. The zero-order chi connectivity index (χ0) is 15.6. The summed E-state index contributed by atoms with van der Waals surface area (Å²) in [4.78, 5) is 14.9. The Hall–Kier alpha value is -1.65. The SMILES string of the molecule is CN1CCC(OC(=O)C(O)(c2ccccc2)C2C=CCC2)C1. The van der Waals surface area contributed by atoms with Crippen LogP contribution in [0.4, 0.5) is 0 Å². The van der Waals surface area contributed by atoms with Crippen molar-refractivity contribution in [3.8, 4) is 0 Å². The van der Waals surface area contributed by atoms with Gasteiger partial charge in [-0.15, -0.1) is 0 Å². The van der Waals surface area contributed by atoms with Crippen molar-refractivity contribution in [1.29, 1.82) is 0 Å². The zero-order valence-electron chi connectivity index (χ0n) is 12.9. The molecule has 118 valence electrons. The number of ether oxygens (including phenoxy) is 1. The summed E-state index contributed by atoms with van der Waals surface area (Å²) in [6.45, 7) is 1.65. The van der Waals surface area contributed by atoms with E-state index in [0.717, 1.165) is 32.4 Å². The van der Waals surface area contributed by atoms with Gasteiger partial charge in [-0.3, -0.25) is 0 Å². The van der Waals surface area contributed by atoms with Gasteiger partial charge < -0.3 is 14.7 Å². The molecule has 1 heterocycles. The molecule has 1 saturated heterocycles. The molecule has 1 fully saturated rings. The molecule has 3 atom stereocenters. The number of allylic oxidation sites excluding steroid dienone is 1. The smallest absolute Gasteiger partial charge is 0.343 e. The Morgan fingerprint density at radius 1 is 1.32 bits per heavy atom. The number of aliphatic hydroxyl groups is 1. The molecule has 1 N–H and O–H groups in total. The van der Waals surface area contributed by atoms with Crippen LogP contribution < -0.4 is 0 Å². The number of rotatable bonds is 4. The van der Waals surface area contributed by atoms with Crippen LogP contribution in [0.25, 0.3) is 0 Å². The van der Waals surface area contributed by atoms with Gasteiger partial charge in [0.15, 0.2) is 5.60 Å². The van der Waals surface area contributed by atoms with Gasteiger partial charge >= 0.3 is 5.97 Å². The van der Waals surface area contributed by atoms with Crippen LogP contribution in [-0.4, -0.2) is 42.2 Å². The number of likely N-dealkylation sites (tertiary alicyclic amines) is 1. The summed E-state index contributed by atoms with van der Waals surface area (Å²) in [5.74, 6) is -0.739. The van der Waals surface area contributed by atoms with Gasteiger partial charge in [-0.05, 0) is 31.9 Å². The molecule has 1 aliphatic carbocycles. The van der Waals surface area contributed by atoms with Crippen LogP contribution in [0.1, 0.15) is 24.8 Å². The van der Waals surface area contributed by atoms with E-state index in [1.54, 1.807) is 12.1 Å². The van der Waals surface area contributed by atoms with Gasteiger partial charge in [0.2, 0.25) is 0 Å². The number of carbonyl (C=O) groups is 1. The lowest BCUT2D eigenvalue weighted by Gasteiger charge is -2.32. The molecule has 0 bridgehead atoms. The Kier molecular flexibility index (Phi) is 4.32. The van der Waals surface area contributed by atoms with Crippen molar-refractivity contribution in [1.82, 2.24) is 4.90 Å². The molecule has 1 aromatic rings. The molecule has 0 amide bonds. The predicted molar refractivity (Wildman–Crippen MR) is 84.2 cm³/mol. The van der Waals surface area contributed by atoms with E-state index in [-0.39, 0.29) is 12.0 Å². The van der Waals surface area contributed by atoms with Gasteiger partial charge in [-0.2, -0.15) is 0 Å². The van der Waals surface area contributed by atoms with E-state index in [9.17, 15) is 9.90 Å². The average Bonchev–Trinajstić information content (AvgIpc) is 3.19. The van der Waals surface area contributed by atoms with Crippen molar-refractivity contribution in [3.63, 3.8) is 0 Å². The van der Waals surface area contributed by atoms with E-state index in [2.05, 4.69) is 4.90 Å². The third-order valence-corrected chi connectivity index (χ3v) is 4.70. The topological polar surface area (TPSA) is 49.8 Å². The van der Waals surface area contributed by atoms with E-state index >= 15 is 0 Å². The highest BCUT2D eigenvalue weighted by Gasteiger charge is 2.47. The van der Waals surface area contributed by atoms with E-state index in [1.165, 1.54) is 0 Å². The van der Waals surface area contributed by atoms with Gasteiger partial charge in [-0.1, -0.05) is 42.5 Å². The number of carbonyl (C=O) groups excluding carboxylic acids is 1. The van der Waals surface area contributed by atoms with Crippen molar-refractivity contribution >= 4 is 5.97 Å². The first-order chi connectivity index (χ1) is 10.6. The summed E-state index contributed by atoms with van der Waals surface area (Å²) in [6.07, 6.45) is 6.32. The predicted octanol–water partition coefficient (Wildman–Crippen LogP) is 2.09. The Morgan fingerprint density at radius 2 is 2.09 bits per heavy atom. The quantitative estimate of drug-likeness (QED) is 0.683. The molecule has 2 aliphatic rings. The molecule has 0 radical (unpaired) electrons. The highest BCUT2D eigenvalue weighted by Crippen LogP contribution is 2.38. The number of benzene rings is 1. The first-order valence-electron chi connectivity index (χ1n) is 7.95. The highest BCUT2D eigenvalue weighted by molar-refractivity contribution is 5.82. The first kappa shape index (κ1) is 15.3. The first-order valence-corrected chi connectivity index (χ1v) is 7.95. The number of esters is 1. The summed E-state index contributed by atoms with van der Waals surface area (Å²) in [7, 11) is 2.01. The lowest BCUT2D eigenvalue weighted by atomic mass is 9.81. The average molecular weight is 301 g/mol. The maximum atomic E-state index is 12.8. The normalized spacial score (nSPS) is 27.7. The maximum absolute atomic E-state index is 12.8. The number of hydrogen-bond donors (Lipinski definition) is 1. The maximum Gasteiger partial charge on any atom is 0.343 e. The summed E-state index contributed by atoms with van der Waals surface area (Å²) in [5, 5.41) is 11.2. The molecule has 1 aromatic carbocycles. The minimum atomic E-state index is -1.59. The molecule has 4 nitrogen and oxygen atoms in total. The van der Waals surface area contributed by atoms with Gasteiger partial charge in [0.25, 0.3) is 0 Å². The Labute approximate surface area is 131 Å². The molecule has 0 saturated carbocycles. The second-order valence-corrected chi connectivity index (χ2v) is 6.32. The molecule has 22 heavy (non-hydrogen) atoms. The largest absolute Gasteiger partial charge is 0.459 e. The number of hydrogen-bond acceptors (Lipinski definition) is 4. The van der Waals surface area contributed by atoms with Crippen molar-refractivity contribution in [3.05, 3.63) is 48.0 Å². The van der Waals surface area contributed by atoms with E-state index in [4.69, 9.17) is 4.74 Å². The molecule has 3 unspecified atom stereocenters. The Bertz CT molecular complexity index is 557. The third-order valence-electron chi connectivity index (χ3n) is 4.70. The lowest BCUT2D eigenvalue weighted by Crippen LogP contribution is -2.44. The number of nitrogens with zero attached hydrogens (tertiary/aromatic N) is 1. The van der Waals surface area contributed by atoms with Crippen LogP contribution in [0.5, 0.6) is 0 Å². The van der Waals surface area contributed by atoms with Crippen LogP contribution in [0.2, 0.25) is 0 Å². The second kappa shape index (κ2) is 6.23. The zero-order valence-corrected chi connectivity index (χ0v) is 12.9. The fraction of sp³-hybridized carbons (Fsp3) is 0.500. The van der Waals surface area contributed by atoms with Crippen LogP contribution in [-0.2, 0) is 15.1 Å². The standard InChI is InChI=1S/C18H23NO3/c1-19-12-11-16(13-19)22-17(20)18(21,15-9-5-6-10-15)14-7-3-2-4-8-14/h2-5,7-9,15-16,21H,6,10-13H2,1H3. The molecular weight excluding hydrogens is 278 g/mol. The van der Waals surface area contributed by atoms with Gasteiger partial charge in [0, 0.05) is 19.0 Å². The summed E-state index contributed by atoms with van der Waals surface area (Å²) in [6, 6.07) is 9.17. The Balaban J connectivity index is 1.85. The van der Waals surface area contributed by atoms with Gasteiger partial charge in [-0.25, -0.2) is 4.79 Å². The van der Waals surface area contributed by atoms with Crippen LogP contribution in [0, 0.1) is 5.92 Å². The van der Waals surface area contributed by atoms with Crippen molar-refractivity contribution in [2.45, 2.75) is 31.0 Å². The van der Waals surface area contributed by atoms with Crippen LogP contribution in [0.15, 0.2) is 42.5 Å². The molecule has 0 spiro atoms. The summed E-state index contributed by atoms with van der Waals surface area (Å²) in [5.41, 5.74) is -0.974. The van der Waals surface area contributed by atoms with E-state index in [1.807, 2.05) is 37.4 Å². The molecule has 1 aliphatic heterocycles. The van der Waals surface area contributed by atoms with Crippen LogP contribution in [0.3, 0.4) is 0 Å². The summed E-state index contributed by atoms with van der Waals surface area (Å²) >= 11 is 0. The van der Waals surface area contributed by atoms with Crippen LogP contribution >= 0.6 is 0 Å².